The largest absolute Gasteiger partial charge is 0.322 e. The van der Waals surface area contributed by atoms with Gasteiger partial charge in [0, 0.05) is 5.75 Å². The molecule has 152 valence electrons. The van der Waals surface area contributed by atoms with Gasteiger partial charge in [-0.05, 0) is 23.6 Å². The Bertz CT molecular complexity index is 599. The third kappa shape index (κ3) is 15.0. The van der Waals surface area contributed by atoms with Crippen molar-refractivity contribution >= 4 is 39.6 Å². The summed E-state index contributed by atoms with van der Waals surface area (Å²) in [6.07, 6.45) is 4.56. The van der Waals surface area contributed by atoms with Crippen LogP contribution < -0.4 is 0 Å². The molecule has 0 aliphatic heterocycles. The Kier molecular flexibility index (Phi) is 12.6. The summed E-state index contributed by atoms with van der Waals surface area (Å²) in [5.74, 6) is -0.642. The van der Waals surface area contributed by atoms with Gasteiger partial charge in [-0.15, -0.1) is 0 Å². The predicted octanol–water partition coefficient (Wildman–Crippen LogP) is 2.19. The third-order valence-electron chi connectivity index (χ3n) is 3.36. The first kappa shape index (κ1) is 25.2. The molecule has 0 bridgehead atoms. The molecule has 0 amide bonds. The van der Waals surface area contributed by atoms with Gasteiger partial charge in [-0.2, -0.15) is 8.42 Å². The number of sulfone groups is 2. The van der Waals surface area contributed by atoms with E-state index < -0.39 is 35.4 Å². The molecule has 0 aromatic carbocycles. The van der Waals surface area contributed by atoms with Crippen molar-refractivity contribution < 1.29 is 29.4 Å². The summed E-state index contributed by atoms with van der Waals surface area (Å²) in [6, 6.07) is 0. The van der Waals surface area contributed by atoms with Gasteiger partial charge in [-0.25, -0.2) is 16.8 Å². The Morgan fingerprint density at radius 1 is 0.680 bits per heavy atom. The van der Waals surface area contributed by atoms with Gasteiger partial charge in [0.15, 0.2) is 19.7 Å². The molecule has 25 heavy (non-hydrogen) atoms. The highest BCUT2D eigenvalue weighted by molar-refractivity contribution is 8.70. The standard InChI is InChI=1S/C14H30O7S4/c1-3-5-7-11-23(15,16)13-9-21-25(19,20)22-10-14-24(17,18)12-8-6-4-2/h3-14H2,1-2H3. The quantitative estimate of drug-likeness (QED) is 0.266. The summed E-state index contributed by atoms with van der Waals surface area (Å²) >= 11 is 0. The minimum absolute atomic E-state index is 0.0212. The van der Waals surface area contributed by atoms with Crippen molar-refractivity contribution in [3.63, 3.8) is 0 Å². The molecule has 0 saturated carbocycles. The maximum Gasteiger partial charge on any atom is 0.322 e. The van der Waals surface area contributed by atoms with Crippen LogP contribution in [0.25, 0.3) is 0 Å². The van der Waals surface area contributed by atoms with Crippen LogP contribution in [0.1, 0.15) is 52.4 Å². The van der Waals surface area contributed by atoms with Gasteiger partial charge in [-0.1, -0.05) is 39.5 Å². The van der Waals surface area contributed by atoms with E-state index >= 15 is 0 Å². The lowest BCUT2D eigenvalue weighted by atomic mass is 10.3. The van der Waals surface area contributed by atoms with E-state index in [1.165, 1.54) is 0 Å². The SMILES string of the molecule is CCCCCS(=O)(=O)CCOS(=O)(=O)SCCS(=O)(=O)CCCCC. The molecule has 0 N–H and O–H groups in total. The summed E-state index contributed by atoms with van der Waals surface area (Å²) in [5, 5.41) is 0. The topological polar surface area (TPSA) is 112 Å². The van der Waals surface area contributed by atoms with Crippen LogP contribution in [0.3, 0.4) is 0 Å². The number of hydrogen-bond donors (Lipinski definition) is 0. The molecule has 0 saturated heterocycles. The molecule has 0 heterocycles. The zero-order valence-electron chi connectivity index (χ0n) is 15.0. The van der Waals surface area contributed by atoms with Gasteiger partial charge in [0.05, 0.1) is 29.6 Å². The fourth-order valence-corrected chi connectivity index (χ4v) is 7.53. The Labute approximate surface area is 156 Å². The summed E-state index contributed by atoms with van der Waals surface area (Å²) < 4.78 is 74.9. The van der Waals surface area contributed by atoms with E-state index in [1.54, 1.807) is 0 Å². The van der Waals surface area contributed by atoms with E-state index in [1.807, 2.05) is 13.8 Å². The van der Waals surface area contributed by atoms with Gasteiger partial charge in [-0.3, -0.25) is 4.18 Å². The molecule has 0 atom stereocenters. The van der Waals surface area contributed by atoms with Crippen molar-refractivity contribution in [3.05, 3.63) is 0 Å². The maximum absolute atomic E-state index is 11.7. The Morgan fingerprint density at radius 3 is 1.64 bits per heavy atom. The van der Waals surface area contributed by atoms with Crippen LogP contribution in [0.5, 0.6) is 0 Å². The van der Waals surface area contributed by atoms with E-state index in [0.29, 0.717) is 23.6 Å². The highest BCUT2D eigenvalue weighted by Gasteiger charge is 2.18. The normalized spacial score (nSPS) is 13.2. The lowest BCUT2D eigenvalue weighted by Gasteiger charge is -2.07. The fourth-order valence-electron chi connectivity index (χ4n) is 1.91. The molecule has 0 aliphatic carbocycles. The van der Waals surface area contributed by atoms with E-state index in [0.717, 1.165) is 25.7 Å². The van der Waals surface area contributed by atoms with Gasteiger partial charge < -0.3 is 0 Å². The van der Waals surface area contributed by atoms with Gasteiger partial charge in [0.2, 0.25) is 0 Å². The first-order chi connectivity index (χ1) is 11.5. The van der Waals surface area contributed by atoms with Crippen LogP contribution in [0, 0.1) is 0 Å². The average molecular weight is 439 g/mol. The van der Waals surface area contributed by atoms with Crippen molar-refractivity contribution in [2.45, 2.75) is 52.4 Å². The highest BCUT2D eigenvalue weighted by Crippen LogP contribution is 2.16. The van der Waals surface area contributed by atoms with Crippen LogP contribution in [0.4, 0.5) is 0 Å². The molecule has 0 aromatic heterocycles. The first-order valence-corrected chi connectivity index (χ1v) is 15.0. The number of unbranched alkanes of at least 4 members (excludes halogenated alkanes) is 4. The Morgan fingerprint density at radius 2 is 1.16 bits per heavy atom. The lowest BCUT2D eigenvalue weighted by Crippen LogP contribution is -2.18. The lowest BCUT2D eigenvalue weighted by molar-refractivity contribution is 0.351. The van der Waals surface area contributed by atoms with Crippen LogP contribution in [-0.2, 0) is 33.0 Å². The smallest absolute Gasteiger partial charge is 0.261 e. The van der Waals surface area contributed by atoms with E-state index in [4.69, 9.17) is 0 Å². The number of rotatable bonds is 16. The fraction of sp³-hybridized carbons (Fsp3) is 1.00. The molecular formula is C14H30O7S4. The minimum Gasteiger partial charge on any atom is -0.261 e. The molecule has 7 nitrogen and oxygen atoms in total. The highest BCUT2D eigenvalue weighted by atomic mass is 33.1. The third-order valence-corrected chi connectivity index (χ3v) is 9.83. The van der Waals surface area contributed by atoms with Crippen molar-refractivity contribution in [3.8, 4) is 0 Å². The molecule has 0 spiro atoms. The van der Waals surface area contributed by atoms with Crippen molar-refractivity contribution in [2.24, 2.45) is 0 Å². The molecule has 0 fully saturated rings. The second kappa shape index (κ2) is 12.5. The monoisotopic (exact) mass is 438 g/mol. The van der Waals surface area contributed by atoms with Gasteiger partial charge >= 0.3 is 9.15 Å². The first-order valence-electron chi connectivity index (χ1n) is 8.48. The average Bonchev–Trinajstić information content (AvgIpc) is 2.46. The summed E-state index contributed by atoms with van der Waals surface area (Å²) in [4.78, 5) is 0. The van der Waals surface area contributed by atoms with Gasteiger partial charge in [0.1, 0.15) is 0 Å². The summed E-state index contributed by atoms with van der Waals surface area (Å²) in [7, 11) is -10.2. The molecule has 0 aromatic rings. The zero-order valence-corrected chi connectivity index (χ0v) is 18.2. The van der Waals surface area contributed by atoms with Crippen molar-refractivity contribution in [2.75, 3.05) is 35.4 Å². The zero-order chi connectivity index (χ0) is 19.4. The van der Waals surface area contributed by atoms with Crippen LogP contribution in [0.15, 0.2) is 0 Å². The molecule has 0 rings (SSSR count). The van der Waals surface area contributed by atoms with E-state index in [9.17, 15) is 25.3 Å². The number of hydrogen-bond acceptors (Lipinski definition) is 8. The van der Waals surface area contributed by atoms with Gasteiger partial charge in [0.25, 0.3) is 0 Å². The molecular weight excluding hydrogens is 408 g/mol. The minimum atomic E-state index is -3.99. The van der Waals surface area contributed by atoms with Crippen molar-refractivity contribution in [1.82, 2.24) is 0 Å². The molecule has 0 aliphatic rings. The van der Waals surface area contributed by atoms with E-state index in [2.05, 4.69) is 4.18 Å². The molecule has 11 heteroatoms. The second-order valence-electron chi connectivity index (χ2n) is 5.77. The summed E-state index contributed by atoms with van der Waals surface area (Å²) in [6.45, 7) is 3.49. The molecule has 0 radical (unpaired) electrons. The van der Waals surface area contributed by atoms with Crippen molar-refractivity contribution in [1.29, 1.82) is 0 Å². The summed E-state index contributed by atoms with van der Waals surface area (Å²) in [5.41, 5.74) is 0. The Balaban J connectivity index is 4.13. The molecule has 0 unspecified atom stereocenters. The predicted molar refractivity (Wildman–Crippen MR) is 104 cm³/mol. The van der Waals surface area contributed by atoms with E-state index in [-0.39, 0.29) is 28.8 Å². The van der Waals surface area contributed by atoms with Crippen LogP contribution in [-0.4, -0.2) is 60.6 Å². The van der Waals surface area contributed by atoms with Crippen LogP contribution in [0.2, 0.25) is 0 Å². The Hall–Kier alpha value is 0.160. The second-order valence-corrected chi connectivity index (χ2v) is 14.0. The van der Waals surface area contributed by atoms with Crippen LogP contribution >= 0.6 is 10.8 Å². The maximum atomic E-state index is 11.7.